The summed E-state index contributed by atoms with van der Waals surface area (Å²) in [6, 6.07) is 0. The van der Waals surface area contributed by atoms with Crippen LogP contribution >= 0.6 is 34.8 Å². The number of halogens is 3. The summed E-state index contributed by atoms with van der Waals surface area (Å²) in [6.07, 6.45) is -6.17. The Morgan fingerprint density at radius 1 is 1.29 bits per heavy atom. The molecule has 4 atom stereocenters. The highest BCUT2D eigenvalue weighted by molar-refractivity contribution is 6.76. The Hall–Kier alpha value is -0.110. The molecule has 0 heterocycles. The van der Waals surface area contributed by atoms with Crippen molar-refractivity contribution in [3.8, 4) is 0 Å². The molecule has 17 heavy (non-hydrogen) atoms. The summed E-state index contributed by atoms with van der Waals surface area (Å²) in [5.41, 5.74) is 0. The van der Waals surface area contributed by atoms with Gasteiger partial charge in [-0.1, -0.05) is 34.8 Å². The first-order valence-electron chi connectivity index (χ1n) is 4.43. The van der Waals surface area contributed by atoms with E-state index in [0.29, 0.717) is 0 Å². The summed E-state index contributed by atoms with van der Waals surface area (Å²) in [4.78, 5) is 10.6. The molecular formula is C8H12Cl3NO5. The predicted octanol–water partition coefficient (Wildman–Crippen LogP) is 0.0206. The van der Waals surface area contributed by atoms with Crippen molar-refractivity contribution in [1.29, 1.82) is 5.41 Å². The zero-order chi connectivity index (χ0) is 13.8. The minimum absolute atomic E-state index is 0.126. The monoisotopic (exact) mass is 307 g/mol. The summed E-state index contributed by atoms with van der Waals surface area (Å²) >= 11 is 15.9. The lowest BCUT2D eigenvalue weighted by molar-refractivity contribution is -0.130. The average molecular weight is 309 g/mol. The Balaban J connectivity index is 4.64. The van der Waals surface area contributed by atoms with Gasteiger partial charge in [-0.3, -0.25) is 10.2 Å². The van der Waals surface area contributed by atoms with Crippen molar-refractivity contribution in [3.05, 3.63) is 0 Å². The molecule has 0 aliphatic rings. The second-order valence-corrected chi connectivity index (χ2v) is 5.55. The standard InChI is InChI=1S/C8H12Cl3NO5/c1-3(14)5(15)6(16)4(2-13)17-7(12)8(9,10)11/h2-6,12,14-16H,1H3/t3-,4-,5-,6-/m1/s1. The SMILES string of the molecule is C[C@@H](O)[C@@H](O)[C@H](O)[C@@H](C=O)OC(=N)C(Cl)(Cl)Cl. The van der Waals surface area contributed by atoms with E-state index in [1.165, 1.54) is 6.92 Å². The first-order chi connectivity index (χ1) is 7.61. The van der Waals surface area contributed by atoms with Gasteiger partial charge in [0.1, 0.15) is 12.2 Å². The van der Waals surface area contributed by atoms with E-state index in [9.17, 15) is 15.0 Å². The van der Waals surface area contributed by atoms with Gasteiger partial charge in [0.15, 0.2) is 12.4 Å². The molecule has 0 unspecified atom stereocenters. The van der Waals surface area contributed by atoms with Gasteiger partial charge >= 0.3 is 0 Å². The molecule has 0 aromatic carbocycles. The van der Waals surface area contributed by atoms with Crippen LogP contribution in [0.5, 0.6) is 0 Å². The predicted molar refractivity (Wildman–Crippen MR) is 62.6 cm³/mol. The Morgan fingerprint density at radius 2 is 1.76 bits per heavy atom. The van der Waals surface area contributed by atoms with Crippen molar-refractivity contribution in [2.24, 2.45) is 0 Å². The molecule has 9 heteroatoms. The average Bonchev–Trinajstić information content (AvgIpc) is 2.21. The second kappa shape index (κ2) is 6.72. The van der Waals surface area contributed by atoms with Crippen LogP contribution in [0.25, 0.3) is 0 Å². The van der Waals surface area contributed by atoms with Crippen molar-refractivity contribution in [3.63, 3.8) is 0 Å². The lowest BCUT2D eigenvalue weighted by Crippen LogP contribution is -2.47. The third-order valence-corrected chi connectivity index (χ3v) is 2.34. The maximum Gasteiger partial charge on any atom is 0.265 e. The van der Waals surface area contributed by atoms with Crippen LogP contribution in [0.3, 0.4) is 0 Å². The van der Waals surface area contributed by atoms with Crippen LogP contribution < -0.4 is 0 Å². The molecule has 6 nitrogen and oxygen atoms in total. The first-order valence-corrected chi connectivity index (χ1v) is 5.56. The number of hydrogen-bond acceptors (Lipinski definition) is 6. The van der Waals surface area contributed by atoms with E-state index in [2.05, 4.69) is 4.74 Å². The van der Waals surface area contributed by atoms with E-state index in [0.717, 1.165) is 0 Å². The van der Waals surface area contributed by atoms with Crippen LogP contribution in [-0.2, 0) is 9.53 Å². The van der Waals surface area contributed by atoms with E-state index >= 15 is 0 Å². The number of alkyl halides is 3. The molecule has 0 radical (unpaired) electrons. The largest absolute Gasteiger partial charge is 0.464 e. The zero-order valence-electron chi connectivity index (χ0n) is 8.68. The van der Waals surface area contributed by atoms with Crippen LogP contribution in [0.15, 0.2) is 0 Å². The van der Waals surface area contributed by atoms with Crippen molar-refractivity contribution >= 4 is 47.0 Å². The molecule has 0 aliphatic heterocycles. The summed E-state index contributed by atoms with van der Waals surface area (Å²) in [5.74, 6) is -0.878. The maximum atomic E-state index is 10.6. The van der Waals surface area contributed by atoms with Crippen molar-refractivity contribution in [2.45, 2.75) is 35.1 Å². The summed E-state index contributed by atoms with van der Waals surface area (Å²) in [6.45, 7) is 1.20. The fourth-order valence-corrected chi connectivity index (χ4v) is 0.994. The molecule has 0 aromatic rings. The molecule has 0 rings (SSSR count). The van der Waals surface area contributed by atoms with Crippen LogP contribution in [0.4, 0.5) is 0 Å². The summed E-state index contributed by atoms with van der Waals surface area (Å²) < 4.78 is 2.41. The Labute approximate surface area is 113 Å². The summed E-state index contributed by atoms with van der Waals surface area (Å²) in [7, 11) is 0. The van der Waals surface area contributed by atoms with Gasteiger partial charge in [-0.05, 0) is 6.92 Å². The topological polar surface area (TPSA) is 111 Å². The van der Waals surface area contributed by atoms with Gasteiger partial charge in [0.05, 0.1) is 6.10 Å². The number of carbonyl (C=O) groups is 1. The highest BCUT2D eigenvalue weighted by Gasteiger charge is 2.36. The van der Waals surface area contributed by atoms with E-state index in [1.807, 2.05) is 0 Å². The first kappa shape index (κ1) is 16.9. The quantitative estimate of drug-likeness (QED) is 0.248. The van der Waals surface area contributed by atoms with Crippen LogP contribution in [0.2, 0.25) is 0 Å². The zero-order valence-corrected chi connectivity index (χ0v) is 10.9. The molecule has 0 saturated heterocycles. The molecule has 0 spiro atoms. The number of carbonyl (C=O) groups excluding carboxylic acids is 1. The molecular weight excluding hydrogens is 296 g/mol. The van der Waals surface area contributed by atoms with Crippen molar-refractivity contribution in [1.82, 2.24) is 0 Å². The molecule has 0 amide bonds. The van der Waals surface area contributed by atoms with Gasteiger partial charge in [0.25, 0.3) is 3.79 Å². The fraction of sp³-hybridized carbons (Fsp3) is 0.750. The van der Waals surface area contributed by atoms with E-state index in [-0.39, 0.29) is 6.29 Å². The highest BCUT2D eigenvalue weighted by Crippen LogP contribution is 2.28. The van der Waals surface area contributed by atoms with Gasteiger partial charge in [-0.2, -0.15) is 0 Å². The number of ether oxygens (including phenoxy) is 1. The number of hydrogen-bond donors (Lipinski definition) is 4. The third-order valence-electron chi connectivity index (χ3n) is 1.83. The Kier molecular flexibility index (Phi) is 6.68. The van der Waals surface area contributed by atoms with Gasteiger partial charge in [-0.15, -0.1) is 0 Å². The van der Waals surface area contributed by atoms with E-state index in [1.54, 1.807) is 0 Å². The molecule has 0 aliphatic carbocycles. The Morgan fingerprint density at radius 3 is 2.06 bits per heavy atom. The molecule has 0 fully saturated rings. The molecule has 4 N–H and O–H groups in total. The lowest BCUT2D eigenvalue weighted by Gasteiger charge is -2.26. The maximum absolute atomic E-state index is 10.6. The summed E-state index contributed by atoms with van der Waals surface area (Å²) in [5, 5.41) is 35.0. The minimum Gasteiger partial charge on any atom is -0.464 e. The van der Waals surface area contributed by atoms with Gasteiger partial charge in [-0.25, -0.2) is 0 Å². The highest BCUT2D eigenvalue weighted by atomic mass is 35.6. The van der Waals surface area contributed by atoms with Crippen LogP contribution in [0, 0.1) is 5.41 Å². The van der Waals surface area contributed by atoms with Gasteiger partial charge in [0.2, 0.25) is 5.90 Å². The van der Waals surface area contributed by atoms with E-state index in [4.69, 9.17) is 45.3 Å². The molecule has 0 bridgehead atoms. The number of aldehydes is 1. The number of nitrogens with one attached hydrogen (secondary N) is 1. The number of aliphatic hydroxyl groups excluding tert-OH is 3. The van der Waals surface area contributed by atoms with Gasteiger partial charge in [0, 0.05) is 0 Å². The normalized spacial score (nSPS) is 19.0. The number of aliphatic hydroxyl groups is 3. The fourth-order valence-electron chi connectivity index (χ4n) is 0.861. The second-order valence-electron chi connectivity index (χ2n) is 3.27. The van der Waals surface area contributed by atoms with Crippen LogP contribution in [-0.4, -0.2) is 55.7 Å². The smallest absolute Gasteiger partial charge is 0.265 e. The van der Waals surface area contributed by atoms with Gasteiger partial charge < -0.3 is 20.1 Å². The molecule has 100 valence electrons. The molecule has 0 saturated carbocycles. The van der Waals surface area contributed by atoms with Crippen LogP contribution in [0.1, 0.15) is 6.92 Å². The minimum atomic E-state index is -2.18. The van der Waals surface area contributed by atoms with E-state index < -0.39 is 34.1 Å². The third kappa shape index (κ3) is 5.37. The number of rotatable bonds is 5. The molecule has 0 aromatic heterocycles. The van der Waals surface area contributed by atoms with Crippen molar-refractivity contribution < 1.29 is 24.9 Å². The Bertz CT molecular complexity index is 281. The lowest BCUT2D eigenvalue weighted by atomic mass is 10.1. The van der Waals surface area contributed by atoms with Crippen molar-refractivity contribution in [2.75, 3.05) is 0 Å².